The first-order chi connectivity index (χ1) is 6.11. The number of anilines is 1. The van der Waals surface area contributed by atoms with Gasteiger partial charge in [0.15, 0.2) is 0 Å². The van der Waals surface area contributed by atoms with Crippen molar-refractivity contribution in [1.29, 1.82) is 0 Å². The van der Waals surface area contributed by atoms with Crippen molar-refractivity contribution in [3.63, 3.8) is 0 Å². The normalized spacial score (nSPS) is 19.0. The van der Waals surface area contributed by atoms with Crippen molar-refractivity contribution in [2.24, 2.45) is 0 Å². The van der Waals surface area contributed by atoms with Crippen molar-refractivity contribution in [1.82, 2.24) is 0 Å². The monoisotopic (exact) mass is 239 g/mol. The zero-order valence-electron chi connectivity index (χ0n) is 8.02. The summed E-state index contributed by atoms with van der Waals surface area (Å²) in [7, 11) is 0. The molecule has 2 rings (SSSR count). The largest absolute Gasteiger partial charge is 0.385 e. The van der Waals surface area contributed by atoms with Crippen LogP contribution < -0.4 is 5.32 Å². The summed E-state index contributed by atoms with van der Waals surface area (Å²) >= 11 is 3.62. The number of fused-ring (bicyclic) bond motifs is 1. The van der Waals surface area contributed by atoms with E-state index in [1.54, 1.807) is 0 Å². The molecule has 0 aliphatic carbocycles. The van der Waals surface area contributed by atoms with E-state index >= 15 is 0 Å². The Morgan fingerprint density at radius 1 is 1.38 bits per heavy atom. The highest BCUT2D eigenvalue weighted by atomic mass is 79.9. The molecule has 0 radical (unpaired) electrons. The van der Waals surface area contributed by atoms with Crippen molar-refractivity contribution in [3.05, 3.63) is 28.2 Å². The predicted molar refractivity (Wildman–Crippen MR) is 60.3 cm³/mol. The van der Waals surface area contributed by atoms with Gasteiger partial charge in [0.05, 0.1) is 0 Å². The maximum atomic E-state index is 3.62. The van der Waals surface area contributed by atoms with Gasteiger partial charge >= 0.3 is 0 Å². The van der Waals surface area contributed by atoms with Gasteiger partial charge in [0, 0.05) is 16.7 Å². The fraction of sp³-hybridized carbons (Fsp3) is 0.455. The number of benzene rings is 1. The topological polar surface area (TPSA) is 12.0 Å². The number of rotatable bonds is 0. The Bertz CT molecular complexity index is 331. The van der Waals surface area contributed by atoms with Crippen molar-refractivity contribution >= 4 is 21.6 Å². The Morgan fingerprint density at radius 3 is 2.85 bits per heavy atom. The smallest absolute Gasteiger partial charge is 0.0389 e. The van der Waals surface area contributed by atoms with Crippen LogP contribution in [0.1, 0.15) is 25.8 Å². The molecular weight excluding hydrogens is 226 g/mol. The maximum Gasteiger partial charge on any atom is 0.0389 e. The Morgan fingerprint density at radius 2 is 2.15 bits per heavy atom. The lowest BCUT2D eigenvalue weighted by atomic mass is 9.78. The van der Waals surface area contributed by atoms with E-state index in [1.807, 2.05) is 0 Å². The van der Waals surface area contributed by atoms with Gasteiger partial charge in [0.1, 0.15) is 0 Å². The number of nitrogens with one attached hydrogen (secondary N) is 1. The molecule has 0 spiro atoms. The van der Waals surface area contributed by atoms with E-state index in [1.165, 1.54) is 22.1 Å². The van der Waals surface area contributed by atoms with Gasteiger partial charge in [-0.3, -0.25) is 0 Å². The highest BCUT2D eigenvalue weighted by Gasteiger charge is 2.28. The standard InChI is InChI=1S/C11H14BrN/c1-11(2)6-7-13-9-5-3-4-8(12)10(9)11/h3-5,13H,6-7H2,1-2H3. The molecule has 1 aliphatic heterocycles. The second-order valence-electron chi connectivity index (χ2n) is 4.22. The van der Waals surface area contributed by atoms with Crippen LogP contribution in [0.5, 0.6) is 0 Å². The van der Waals surface area contributed by atoms with Crippen LogP contribution in [0.2, 0.25) is 0 Å². The molecule has 70 valence electrons. The first-order valence-corrected chi connectivity index (χ1v) is 5.43. The molecule has 1 aromatic carbocycles. The highest BCUT2D eigenvalue weighted by molar-refractivity contribution is 9.10. The second kappa shape index (κ2) is 3.02. The highest BCUT2D eigenvalue weighted by Crippen LogP contribution is 2.40. The van der Waals surface area contributed by atoms with Crippen LogP contribution in [0.25, 0.3) is 0 Å². The number of halogens is 1. The fourth-order valence-electron chi connectivity index (χ4n) is 1.99. The lowest BCUT2D eigenvalue weighted by Gasteiger charge is -2.34. The SMILES string of the molecule is CC1(C)CCNc2cccc(Br)c21. The van der Waals surface area contributed by atoms with Gasteiger partial charge in [-0.25, -0.2) is 0 Å². The van der Waals surface area contributed by atoms with E-state index in [2.05, 4.69) is 53.3 Å². The quantitative estimate of drug-likeness (QED) is 0.731. The summed E-state index contributed by atoms with van der Waals surface area (Å²) in [4.78, 5) is 0. The third-order valence-corrected chi connectivity index (χ3v) is 3.42. The summed E-state index contributed by atoms with van der Waals surface area (Å²) in [6.07, 6.45) is 1.20. The van der Waals surface area contributed by atoms with Gasteiger partial charge in [-0.2, -0.15) is 0 Å². The van der Waals surface area contributed by atoms with Gasteiger partial charge in [-0.1, -0.05) is 35.8 Å². The summed E-state index contributed by atoms with van der Waals surface area (Å²) < 4.78 is 1.22. The molecule has 1 aromatic rings. The van der Waals surface area contributed by atoms with Crippen LogP contribution in [0, 0.1) is 0 Å². The van der Waals surface area contributed by atoms with E-state index in [4.69, 9.17) is 0 Å². The van der Waals surface area contributed by atoms with Crippen molar-refractivity contribution in [3.8, 4) is 0 Å². The average molecular weight is 240 g/mol. The summed E-state index contributed by atoms with van der Waals surface area (Å²) in [5.41, 5.74) is 2.99. The Kier molecular flexibility index (Phi) is 2.11. The van der Waals surface area contributed by atoms with E-state index in [0.717, 1.165) is 6.54 Å². The molecule has 1 heterocycles. The molecule has 1 N–H and O–H groups in total. The first kappa shape index (κ1) is 9.07. The van der Waals surface area contributed by atoms with Crippen LogP contribution in [0.15, 0.2) is 22.7 Å². The molecule has 0 saturated carbocycles. The second-order valence-corrected chi connectivity index (χ2v) is 5.08. The van der Waals surface area contributed by atoms with Gasteiger partial charge < -0.3 is 5.32 Å². The maximum absolute atomic E-state index is 3.62. The van der Waals surface area contributed by atoms with Crippen LogP contribution in [-0.2, 0) is 5.41 Å². The van der Waals surface area contributed by atoms with E-state index in [0.29, 0.717) is 5.41 Å². The lowest BCUT2D eigenvalue weighted by molar-refractivity contribution is 0.480. The minimum absolute atomic E-state index is 0.292. The average Bonchev–Trinajstić information content (AvgIpc) is 2.02. The molecule has 0 amide bonds. The lowest BCUT2D eigenvalue weighted by Crippen LogP contribution is -2.28. The number of hydrogen-bond donors (Lipinski definition) is 1. The summed E-state index contributed by atoms with van der Waals surface area (Å²) in [5.74, 6) is 0. The van der Waals surface area contributed by atoms with Crippen LogP contribution in [-0.4, -0.2) is 6.54 Å². The molecule has 0 unspecified atom stereocenters. The zero-order chi connectivity index (χ0) is 9.47. The van der Waals surface area contributed by atoms with Crippen LogP contribution >= 0.6 is 15.9 Å². The molecular formula is C11H14BrN. The van der Waals surface area contributed by atoms with E-state index in [9.17, 15) is 0 Å². The molecule has 1 nitrogen and oxygen atoms in total. The minimum atomic E-state index is 0.292. The Labute approximate surface area is 87.7 Å². The summed E-state index contributed by atoms with van der Waals surface area (Å²) in [6, 6.07) is 6.35. The molecule has 0 bridgehead atoms. The molecule has 1 aliphatic rings. The van der Waals surface area contributed by atoms with Gasteiger partial charge in [-0.15, -0.1) is 0 Å². The Balaban J connectivity index is 2.61. The van der Waals surface area contributed by atoms with Crippen molar-refractivity contribution in [2.75, 3.05) is 11.9 Å². The fourth-order valence-corrected chi connectivity index (χ4v) is 2.90. The molecule has 0 aromatic heterocycles. The summed E-state index contributed by atoms with van der Waals surface area (Å²) in [5, 5.41) is 3.43. The van der Waals surface area contributed by atoms with E-state index < -0.39 is 0 Å². The van der Waals surface area contributed by atoms with Gasteiger partial charge in [0.25, 0.3) is 0 Å². The van der Waals surface area contributed by atoms with Crippen LogP contribution in [0.4, 0.5) is 5.69 Å². The third-order valence-electron chi connectivity index (χ3n) is 2.76. The Hall–Kier alpha value is -0.500. The molecule has 2 heteroatoms. The zero-order valence-corrected chi connectivity index (χ0v) is 9.61. The molecule has 0 fully saturated rings. The minimum Gasteiger partial charge on any atom is -0.385 e. The summed E-state index contributed by atoms with van der Waals surface area (Å²) in [6.45, 7) is 5.69. The third kappa shape index (κ3) is 1.48. The van der Waals surface area contributed by atoms with Crippen molar-refractivity contribution < 1.29 is 0 Å². The molecule has 0 atom stereocenters. The number of hydrogen-bond acceptors (Lipinski definition) is 1. The molecule has 13 heavy (non-hydrogen) atoms. The van der Waals surface area contributed by atoms with E-state index in [-0.39, 0.29) is 0 Å². The molecule has 0 saturated heterocycles. The van der Waals surface area contributed by atoms with Crippen molar-refractivity contribution in [2.45, 2.75) is 25.7 Å². The first-order valence-electron chi connectivity index (χ1n) is 4.64. The van der Waals surface area contributed by atoms with Crippen LogP contribution in [0.3, 0.4) is 0 Å². The predicted octanol–water partition coefficient (Wildman–Crippen LogP) is 3.54. The van der Waals surface area contributed by atoms with Gasteiger partial charge in [0.2, 0.25) is 0 Å². The van der Waals surface area contributed by atoms with Gasteiger partial charge in [-0.05, 0) is 29.5 Å².